The van der Waals surface area contributed by atoms with E-state index in [9.17, 15) is 4.79 Å². The number of amides is 1. The van der Waals surface area contributed by atoms with Crippen LogP contribution < -0.4 is 10.1 Å². The van der Waals surface area contributed by atoms with Gasteiger partial charge in [-0.15, -0.1) is 21.5 Å². The Morgan fingerprint density at radius 2 is 2.23 bits per heavy atom. The van der Waals surface area contributed by atoms with Crippen molar-refractivity contribution in [2.24, 2.45) is 0 Å². The minimum atomic E-state index is -0.689. The number of hydrogen-bond acceptors (Lipinski definition) is 6. The lowest BCUT2D eigenvalue weighted by Gasteiger charge is -2.14. The normalized spacial score (nSPS) is 14.8. The first-order valence-electron chi connectivity index (χ1n) is 8.24. The molecule has 1 N–H and O–H groups in total. The maximum absolute atomic E-state index is 12.5. The third-order valence-corrected chi connectivity index (χ3v) is 5.10. The predicted octanol–water partition coefficient (Wildman–Crippen LogP) is 4.73. The lowest BCUT2D eigenvalue weighted by atomic mass is 10.3. The van der Waals surface area contributed by atoms with Gasteiger partial charge in [0.1, 0.15) is 10.6 Å². The SMILES string of the molecule is C[C@@H](Oc1cccc(Cl)c1)C(=O)Nc1ccsc1-c1nnc(C2CC2)o1. The van der Waals surface area contributed by atoms with Crippen molar-refractivity contribution in [3.63, 3.8) is 0 Å². The molecule has 1 amide bonds. The van der Waals surface area contributed by atoms with Crippen LogP contribution >= 0.6 is 22.9 Å². The summed E-state index contributed by atoms with van der Waals surface area (Å²) in [6.45, 7) is 1.68. The zero-order chi connectivity index (χ0) is 18.1. The first-order chi connectivity index (χ1) is 12.6. The highest BCUT2D eigenvalue weighted by Gasteiger charge is 2.30. The van der Waals surface area contributed by atoms with E-state index in [2.05, 4.69) is 15.5 Å². The Bertz CT molecular complexity index is 935. The lowest BCUT2D eigenvalue weighted by molar-refractivity contribution is -0.122. The number of anilines is 1. The van der Waals surface area contributed by atoms with Crippen LogP contribution in [0.15, 0.2) is 40.1 Å². The number of nitrogens with zero attached hydrogens (tertiary/aromatic N) is 2. The van der Waals surface area contributed by atoms with Gasteiger partial charge in [-0.1, -0.05) is 17.7 Å². The summed E-state index contributed by atoms with van der Waals surface area (Å²) in [4.78, 5) is 13.2. The molecule has 4 rings (SSSR count). The zero-order valence-corrected chi connectivity index (χ0v) is 15.5. The largest absolute Gasteiger partial charge is 0.481 e. The van der Waals surface area contributed by atoms with Gasteiger partial charge in [0.05, 0.1) is 5.69 Å². The van der Waals surface area contributed by atoms with Crippen molar-refractivity contribution in [2.45, 2.75) is 31.8 Å². The molecule has 0 aliphatic heterocycles. The molecule has 2 aromatic heterocycles. The van der Waals surface area contributed by atoms with E-state index in [0.717, 1.165) is 17.7 Å². The van der Waals surface area contributed by atoms with Gasteiger partial charge in [0.15, 0.2) is 6.10 Å². The molecule has 1 atom stereocenters. The van der Waals surface area contributed by atoms with Crippen molar-refractivity contribution in [2.75, 3.05) is 5.32 Å². The summed E-state index contributed by atoms with van der Waals surface area (Å²) < 4.78 is 11.4. The summed E-state index contributed by atoms with van der Waals surface area (Å²) in [5, 5.41) is 13.5. The van der Waals surface area contributed by atoms with Crippen LogP contribution in [0.25, 0.3) is 10.8 Å². The van der Waals surface area contributed by atoms with Gasteiger partial charge in [0, 0.05) is 10.9 Å². The maximum Gasteiger partial charge on any atom is 0.265 e. The van der Waals surface area contributed by atoms with Crippen LogP contribution in [0.2, 0.25) is 5.02 Å². The second-order valence-corrected chi connectivity index (χ2v) is 7.44. The van der Waals surface area contributed by atoms with Crippen molar-refractivity contribution in [1.82, 2.24) is 10.2 Å². The highest BCUT2D eigenvalue weighted by Crippen LogP contribution is 2.41. The van der Waals surface area contributed by atoms with Gasteiger partial charge in [-0.25, -0.2) is 0 Å². The Kier molecular flexibility index (Phi) is 4.65. The van der Waals surface area contributed by atoms with Gasteiger partial charge in [-0.3, -0.25) is 4.79 Å². The molecule has 1 saturated carbocycles. The van der Waals surface area contributed by atoms with Crippen LogP contribution in [-0.4, -0.2) is 22.2 Å². The molecule has 0 radical (unpaired) electrons. The maximum atomic E-state index is 12.5. The van der Waals surface area contributed by atoms with Crippen molar-refractivity contribution in [3.05, 3.63) is 46.6 Å². The van der Waals surface area contributed by atoms with E-state index in [1.165, 1.54) is 11.3 Å². The molecule has 0 unspecified atom stereocenters. The molecule has 1 aliphatic carbocycles. The summed E-state index contributed by atoms with van der Waals surface area (Å²) in [5.41, 5.74) is 0.632. The van der Waals surface area contributed by atoms with Gasteiger partial charge >= 0.3 is 0 Å². The number of aromatic nitrogens is 2. The fraction of sp³-hybridized carbons (Fsp3) is 0.278. The monoisotopic (exact) mass is 389 g/mol. The summed E-state index contributed by atoms with van der Waals surface area (Å²) in [5.74, 6) is 1.76. The Labute approximate surface area is 159 Å². The summed E-state index contributed by atoms with van der Waals surface area (Å²) in [6, 6.07) is 8.75. The van der Waals surface area contributed by atoms with Gasteiger partial charge < -0.3 is 14.5 Å². The lowest BCUT2D eigenvalue weighted by Crippen LogP contribution is -2.30. The van der Waals surface area contributed by atoms with Crippen LogP contribution in [0, 0.1) is 0 Å². The van der Waals surface area contributed by atoms with Crippen LogP contribution in [0.3, 0.4) is 0 Å². The van der Waals surface area contributed by atoms with E-state index in [0.29, 0.717) is 34.2 Å². The van der Waals surface area contributed by atoms with Gasteiger partial charge in [-0.2, -0.15) is 0 Å². The van der Waals surface area contributed by atoms with Crippen LogP contribution in [-0.2, 0) is 4.79 Å². The van der Waals surface area contributed by atoms with E-state index >= 15 is 0 Å². The molecule has 134 valence electrons. The molecule has 6 nitrogen and oxygen atoms in total. The quantitative estimate of drug-likeness (QED) is 0.659. The summed E-state index contributed by atoms with van der Waals surface area (Å²) >= 11 is 7.38. The molecule has 8 heteroatoms. The molecule has 0 spiro atoms. The van der Waals surface area contributed by atoms with Gasteiger partial charge in [0.2, 0.25) is 5.89 Å². The second kappa shape index (κ2) is 7.09. The topological polar surface area (TPSA) is 77.2 Å². The Morgan fingerprint density at radius 3 is 3.00 bits per heavy atom. The van der Waals surface area contributed by atoms with Crippen molar-refractivity contribution >= 4 is 34.5 Å². The number of halogens is 1. The third-order valence-electron chi connectivity index (χ3n) is 3.96. The number of benzene rings is 1. The Hall–Kier alpha value is -2.38. The number of carbonyl (C=O) groups is 1. The highest BCUT2D eigenvalue weighted by atomic mass is 35.5. The molecule has 0 bridgehead atoms. The van der Waals surface area contributed by atoms with E-state index in [4.69, 9.17) is 20.8 Å². The van der Waals surface area contributed by atoms with Gasteiger partial charge in [0.25, 0.3) is 11.8 Å². The molecule has 0 saturated heterocycles. The smallest absolute Gasteiger partial charge is 0.265 e. The van der Waals surface area contributed by atoms with Crippen molar-refractivity contribution in [3.8, 4) is 16.5 Å². The molecular formula is C18H16ClN3O3S. The molecule has 2 heterocycles. The highest BCUT2D eigenvalue weighted by molar-refractivity contribution is 7.14. The van der Waals surface area contributed by atoms with E-state index < -0.39 is 6.10 Å². The average molecular weight is 390 g/mol. The Morgan fingerprint density at radius 1 is 1.38 bits per heavy atom. The number of nitrogens with one attached hydrogen (secondary N) is 1. The number of ether oxygens (including phenoxy) is 1. The average Bonchev–Trinajstić information content (AvgIpc) is 3.16. The molecular weight excluding hydrogens is 374 g/mol. The molecule has 26 heavy (non-hydrogen) atoms. The molecule has 1 aliphatic rings. The first-order valence-corrected chi connectivity index (χ1v) is 9.50. The Balaban J connectivity index is 1.45. The zero-order valence-electron chi connectivity index (χ0n) is 13.9. The number of carbonyl (C=O) groups excluding carboxylic acids is 1. The van der Waals surface area contributed by atoms with Crippen LogP contribution in [0.5, 0.6) is 5.75 Å². The molecule has 1 fully saturated rings. The summed E-state index contributed by atoms with van der Waals surface area (Å²) in [6.07, 6.45) is 1.49. The van der Waals surface area contributed by atoms with Crippen molar-refractivity contribution in [1.29, 1.82) is 0 Å². The minimum Gasteiger partial charge on any atom is -0.481 e. The minimum absolute atomic E-state index is 0.272. The third kappa shape index (κ3) is 3.73. The predicted molar refractivity (Wildman–Crippen MR) is 99.8 cm³/mol. The van der Waals surface area contributed by atoms with E-state index in [-0.39, 0.29) is 5.91 Å². The standard InChI is InChI=1S/C18H16ClN3O3S/c1-10(24-13-4-2-3-12(19)9-13)16(23)20-14-7-8-26-15(14)18-22-21-17(25-18)11-5-6-11/h2-4,7-11H,5-6H2,1H3,(H,20,23)/t10-/m1/s1. The number of thiophene rings is 1. The fourth-order valence-electron chi connectivity index (χ4n) is 2.43. The van der Waals surface area contributed by atoms with Crippen LogP contribution in [0.4, 0.5) is 5.69 Å². The first kappa shape index (κ1) is 17.1. The fourth-order valence-corrected chi connectivity index (χ4v) is 3.38. The van der Waals surface area contributed by atoms with E-state index in [1.807, 2.05) is 11.4 Å². The number of hydrogen-bond donors (Lipinski definition) is 1. The summed E-state index contributed by atoms with van der Waals surface area (Å²) in [7, 11) is 0. The number of rotatable bonds is 6. The second-order valence-electron chi connectivity index (χ2n) is 6.09. The molecule has 3 aromatic rings. The van der Waals surface area contributed by atoms with Crippen molar-refractivity contribution < 1.29 is 13.9 Å². The van der Waals surface area contributed by atoms with Gasteiger partial charge in [-0.05, 0) is 49.4 Å². The van der Waals surface area contributed by atoms with Crippen LogP contribution in [0.1, 0.15) is 31.6 Å². The molecule has 1 aromatic carbocycles. The van der Waals surface area contributed by atoms with E-state index in [1.54, 1.807) is 31.2 Å².